The van der Waals surface area contributed by atoms with Gasteiger partial charge in [-0.05, 0) is 13.3 Å². The van der Waals surface area contributed by atoms with E-state index in [1.807, 2.05) is 24.7 Å². The van der Waals surface area contributed by atoms with Crippen molar-refractivity contribution in [3.05, 3.63) is 52.1 Å². The second-order valence-corrected chi connectivity index (χ2v) is 4.98. The lowest BCUT2D eigenvalue weighted by molar-refractivity contribution is 0.0899. The zero-order chi connectivity index (χ0) is 15.4. The van der Waals surface area contributed by atoms with Gasteiger partial charge in [0.1, 0.15) is 11.6 Å². The van der Waals surface area contributed by atoms with Gasteiger partial charge in [-0.1, -0.05) is 13.3 Å². The minimum Gasteiger partial charge on any atom is -0.456 e. The molecule has 6 heteroatoms. The molecule has 0 unspecified atom stereocenters. The molecule has 2 heterocycles. The Labute approximate surface area is 122 Å². The summed E-state index contributed by atoms with van der Waals surface area (Å²) in [5.74, 6) is 0.810. The van der Waals surface area contributed by atoms with Crippen molar-refractivity contribution in [2.75, 3.05) is 0 Å². The van der Waals surface area contributed by atoms with Crippen LogP contribution in [0.4, 0.5) is 0 Å². The molecule has 2 aromatic heterocycles. The normalized spacial score (nSPS) is 12.1. The van der Waals surface area contributed by atoms with Crippen LogP contribution < -0.4 is 10.7 Å². The number of rotatable bonds is 5. The van der Waals surface area contributed by atoms with E-state index in [1.165, 1.54) is 12.1 Å². The van der Waals surface area contributed by atoms with Gasteiger partial charge >= 0.3 is 0 Å². The highest BCUT2D eigenvalue weighted by atomic mass is 16.3. The quantitative estimate of drug-likeness (QED) is 0.912. The van der Waals surface area contributed by atoms with Gasteiger partial charge in [0.05, 0.1) is 6.04 Å². The largest absolute Gasteiger partial charge is 0.456 e. The van der Waals surface area contributed by atoms with E-state index in [0.717, 1.165) is 18.7 Å². The molecule has 21 heavy (non-hydrogen) atoms. The van der Waals surface area contributed by atoms with Crippen LogP contribution in [0.3, 0.4) is 0 Å². The van der Waals surface area contributed by atoms with E-state index in [4.69, 9.17) is 4.42 Å². The number of amides is 1. The average molecular weight is 289 g/mol. The predicted octanol–water partition coefficient (Wildman–Crippen LogP) is 1.95. The Hall–Kier alpha value is -2.37. The smallest absolute Gasteiger partial charge is 0.287 e. The van der Waals surface area contributed by atoms with Crippen molar-refractivity contribution in [1.82, 2.24) is 14.9 Å². The summed E-state index contributed by atoms with van der Waals surface area (Å²) < 4.78 is 7.18. The van der Waals surface area contributed by atoms with Gasteiger partial charge in [-0.2, -0.15) is 0 Å². The number of hydrogen-bond donors (Lipinski definition) is 1. The molecular formula is C15H19N3O3. The van der Waals surface area contributed by atoms with E-state index < -0.39 is 5.91 Å². The van der Waals surface area contributed by atoms with Gasteiger partial charge in [0.2, 0.25) is 0 Å². The van der Waals surface area contributed by atoms with Gasteiger partial charge in [0.25, 0.3) is 5.91 Å². The Morgan fingerprint density at radius 3 is 2.81 bits per heavy atom. The van der Waals surface area contributed by atoms with Crippen LogP contribution in [0.1, 0.15) is 47.9 Å². The number of carbonyl (C=O) groups is 1. The monoisotopic (exact) mass is 289 g/mol. The summed E-state index contributed by atoms with van der Waals surface area (Å²) >= 11 is 0. The van der Waals surface area contributed by atoms with Crippen molar-refractivity contribution >= 4 is 5.91 Å². The highest BCUT2D eigenvalue weighted by Gasteiger charge is 2.20. The van der Waals surface area contributed by atoms with Crippen LogP contribution in [0.5, 0.6) is 0 Å². The Morgan fingerprint density at radius 1 is 1.48 bits per heavy atom. The van der Waals surface area contributed by atoms with Crippen molar-refractivity contribution in [1.29, 1.82) is 0 Å². The van der Waals surface area contributed by atoms with Gasteiger partial charge in [-0.3, -0.25) is 9.59 Å². The number of aryl methyl sites for hydroxylation is 2. The van der Waals surface area contributed by atoms with E-state index in [-0.39, 0.29) is 17.2 Å². The van der Waals surface area contributed by atoms with Gasteiger partial charge in [0, 0.05) is 31.6 Å². The summed E-state index contributed by atoms with van der Waals surface area (Å²) in [6.07, 6.45) is 5.18. The SMILES string of the molecule is CCC[C@H](NC(=O)c1cc(=O)cc(C)o1)c1nccn1C. The Bertz CT molecular complexity index is 687. The van der Waals surface area contributed by atoms with E-state index in [1.54, 1.807) is 13.1 Å². The molecule has 0 fully saturated rings. The molecule has 2 aromatic rings. The molecule has 1 N–H and O–H groups in total. The number of aromatic nitrogens is 2. The van der Waals surface area contributed by atoms with Crippen molar-refractivity contribution in [3.63, 3.8) is 0 Å². The van der Waals surface area contributed by atoms with Crippen molar-refractivity contribution in [3.8, 4) is 0 Å². The topological polar surface area (TPSA) is 77.1 Å². The van der Waals surface area contributed by atoms with Gasteiger partial charge in [-0.15, -0.1) is 0 Å². The molecule has 0 aliphatic carbocycles. The second-order valence-electron chi connectivity index (χ2n) is 4.98. The van der Waals surface area contributed by atoms with E-state index in [0.29, 0.717) is 5.76 Å². The maximum absolute atomic E-state index is 12.3. The summed E-state index contributed by atoms with van der Waals surface area (Å²) in [5.41, 5.74) is -0.243. The van der Waals surface area contributed by atoms with Crippen molar-refractivity contribution < 1.29 is 9.21 Å². The lowest BCUT2D eigenvalue weighted by Crippen LogP contribution is -2.30. The summed E-state index contributed by atoms with van der Waals surface area (Å²) in [7, 11) is 1.88. The molecule has 0 bridgehead atoms. The van der Waals surface area contributed by atoms with Crippen LogP contribution in [0, 0.1) is 6.92 Å². The Balaban J connectivity index is 2.22. The molecular weight excluding hydrogens is 270 g/mol. The molecule has 2 rings (SSSR count). The van der Waals surface area contributed by atoms with E-state index in [9.17, 15) is 9.59 Å². The first-order valence-corrected chi connectivity index (χ1v) is 6.91. The summed E-state index contributed by atoms with van der Waals surface area (Å²) in [4.78, 5) is 28.0. The van der Waals surface area contributed by atoms with Crippen LogP contribution in [0.25, 0.3) is 0 Å². The summed E-state index contributed by atoms with van der Waals surface area (Å²) in [6, 6.07) is 2.33. The van der Waals surface area contributed by atoms with Crippen molar-refractivity contribution in [2.24, 2.45) is 7.05 Å². The first kappa shape index (κ1) is 15.0. The number of nitrogens with zero attached hydrogens (tertiary/aromatic N) is 2. The van der Waals surface area contributed by atoms with Crippen LogP contribution in [0.2, 0.25) is 0 Å². The molecule has 1 atom stereocenters. The maximum atomic E-state index is 12.3. The third kappa shape index (κ3) is 3.59. The standard InChI is InChI=1S/C15H19N3O3/c1-4-5-12(14-16-6-7-18(14)3)17-15(20)13-9-11(19)8-10(2)21-13/h6-9,12H,4-5H2,1-3H3,(H,17,20)/t12-/m0/s1. The van der Waals surface area contributed by atoms with Crippen LogP contribution >= 0.6 is 0 Å². The van der Waals surface area contributed by atoms with Crippen LogP contribution in [-0.4, -0.2) is 15.5 Å². The fourth-order valence-electron chi connectivity index (χ4n) is 2.21. The van der Waals surface area contributed by atoms with Crippen LogP contribution in [0.15, 0.2) is 33.7 Å². The molecule has 0 saturated carbocycles. The van der Waals surface area contributed by atoms with E-state index >= 15 is 0 Å². The van der Waals surface area contributed by atoms with Crippen molar-refractivity contribution in [2.45, 2.75) is 32.7 Å². The molecule has 0 radical (unpaired) electrons. The molecule has 0 aromatic carbocycles. The number of nitrogens with one attached hydrogen (secondary N) is 1. The predicted molar refractivity (Wildman–Crippen MR) is 78.0 cm³/mol. The number of hydrogen-bond acceptors (Lipinski definition) is 4. The minimum atomic E-state index is -0.405. The van der Waals surface area contributed by atoms with Gasteiger partial charge in [-0.25, -0.2) is 4.98 Å². The molecule has 6 nitrogen and oxygen atoms in total. The van der Waals surface area contributed by atoms with Crippen LogP contribution in [-0.2, 0) is 7.05 Å². The zero-order valence-corrected chi connectivity index (χ0v) is 12.4. The molecule has 0 saturated heterocycles. The summed E-state index contributed by atoms with van der Waals surface area (Å²) in [5, 5.41) is 2.88. The minimum absolute atomic E-state index is 0.0234. The first-order chi connectivity index (χ1) is 10.0. The first-order valence-electron chi connectivity index (χ1n) is 6.91. The maximum Gasteiger partial charge on any atom is 0.287 e. The zero-order valence-electron chi connectivity index (χ0n) is 12.4. The molecule has 0 aliphatic heterocycles. The lowest BCUT2D eigenvalue weighted by atomic mass is 10.1. The molecule has 0 aliphatic rings. The average Bonchev–Trinajstić information content (AvgIpc) is 2.83. The second kappa shape index (κ2) is 6.39. The molecule has 1 amide bonds. The third-order valence-electron chi connectivity index (χ3n) is 3.17. The lowest BCUT2D eigenvalue weighted by Gasteiger charge is -2.17. The number of carbonyl (C=O) groups excluding carboxylic acids is 1. The Morgan fingerprint density at radius 2 is 2.24 bits per heavy atom. The van der Waals surface area contributed by atoms with E-state index in [2.05, 4.69) is 10.3 Å². The number of imidazole rings is 1. The Kier molecular flexibility index (Phi) is 4.57. The van der Waals surface area contributed by atoms with Gasteiger partial charge < -0.3 is 14.3 Å². The van der Waals surface area contributed by atoms with Gasteiger partial charge in [0.15, 0.2) is 11.2 Å². The highest BCUT2D eigenvalue weighted by molar-refractivity contribution is 5.91. The molecule has 112 valence electrons. The summed E-state index contributed by atoms with van der Waals surface area (Å²) in [6.45, 7) is 3.68. The third-order valence-corrected chi connectivity index (χ3v) is 3.17. The molecule has 0 spiro atoms. The highest BCUT2D eigenvalue weighted by Crippen LogP contribution is 2.17. The fraction of sp³-hybridized carbons (Fsp3) is 0.400. The fourth-order valence-corrected chi connectivity index (χ4v) is 2.21.